The van der Waals surface area contributed by atoms with Crippen molar-refractivity contribution in [3.8, 4) is 11.5 Å². The SMILES string of the molecule is CCCCCCCCN(CCCCCCCC)c1ccc(N(c2ccc(N(c3ccc(C)c(Cl)c3)c3ccc(C)c(Cl)c3)cc2)c2ccc(N(CCCCCCCC)CCCCCCCC)c(Cl)c2)cc1Cl.CCCCCCN(CCCCCC)c1ccc(N(c2ccc(N(c3ccc(C)c(OC)c3)c3ccc(C)c(OC)c3)cc2)c2ccc(N(CCCCCC)CCCCCC)c(CO)c2)cc1CO. The fraction of sp³-hybridized carbons (Fsp3) is 0.516. The van der Waals surface area contributed by atoms with E-state index in [0.29, 0.717) is 10.0 Å². The van der Waals surface area contributed by atoms with E-state index < -0.39 is 0 Å². The monoisotopic (exact) mass is 1980 g/mol. The van der Waals surface area contributed by atoms with Gasteiger partial charge < -0.3 is 58.9 Å². The van der Waals surface area contributed by atoms with Crippen LogP contribution in [0.15, 0.2) is 194 Å². The molecule has 10 aromatic carbocycles. The quantitative estimate of drug-likeness (QED) is 0.0356. The third-order valence-electron chi connectivity index (χ3n) is 27.8. The number of ether oxygens (including phenoxy) is 2. The molecule has 0 unspecified atom stereocenters. The van der Waals surface area contributed by atoms with Crippen molar-refractivity contribution < 1.29 is 19.7 Å². The number of hydrogen-bond donors (Lipinski definition) is 2. The van der Waals surface area contributed by atoms with E-state index in [2.05, 4.69) is 290 Å². The number of nitrogens with zero attached hydrogens (tertiary/aromatic N) is 8. The van der Waals surface area contributed by atoms with Crippen molar-refractivity contribution in [1.29, 1.82) is 0 Å². The maximum Gasteiger partial charge on any atom is 0.123 e. The standard InChI is InChI=1S/C64H90Cl4N4.C60H86N4O4/c1-7-11-15-19-23-27-43-69(44-28-24-20-16-12-8-2)63-41-39-57(49-61(63)67)72(58-40-42-64(62(68)50-58)70(45-29-25-21-17-13-9-3)46-30-26-22-18-14-10-4)54-37-35-53(36-38-54)71(55-33-31-51(5)59(65)47-55)56-34-32-52(6)60(66)48-56;1-9-13-17-21-37-61(38-22-18-14-10-2)57-35-33-53(41-49(57)45-65)63(54-34-36-58(50(42-54)46-66)62(39-23-19-15-11-3)40-24-20-16-12-4)51-29-31-52(32-30-51)64(55-27-25-47(5)59(43-55)67-7)56-28-26-48(6)60(44-56)68-8/h31-42,47-50H,7-30,43-46H2,1-6H3;25-36,41-44,65-66H,9-24,37-40,45-46H2,1-8H3. The number of aryl methyl sites for hydroxylation is 4. The molecule has 2 N–H and O–H groups in total. The van der Waals surface area contributed by atoms with E-state index in [1.165, 1.54) is 231 Å². The first-order valence-corrected chi connectivity index (χ1v) is 56.1. The molecule has 140 heavy (non-hydrogen) atoms. The van der Waals surface area contributed by atoms with Gasteiger partial charge in [-0.15, -0.1) is 0 Å². The third kappa shape index (κ3) is 35.9. The zero-order valence-electron chi connectivity index (χ0n) is 88.6. The molecule has 0 heterocycles. The van der Waals surface area contributed by atoms with Gasteiger partial charge in [0.25, 0.3) is 0 Å². The molecule has 0 radical (unpaired) electrons. The average Bonchev–Trinajstić information content (AvgIpc) is 0.780. The molecule has 764 valence electrons. The highest BCUT2D eigenvalue weighted by atomic mass is 35.5. The van der Waals surface area contributed by atoms with Gasteiger partial charge in [0.15, 0.2) is 0 Å². The van der Waals surface area contributed by atoms with E-state index in [4.69, 9.17) is 55.9 Å². The Labute approximate surface area is 868 Å². The number of methoxy groups -OCH3 is 2. The van der Waals surface area contributed by atoms with Crippen molar-refractivity contribution in [3.63, 3.8) is 0 Å². The van der Waals surface area contributed by atoms with E-state index >= 15 is 0 Å². The smallest absolute Gasteiger partial charge is 0.123 e. The van der Waals surface area contributed by atoms with E-state index in [1.807, 2.05) is 26.0 Å². The Hall–Kier alpha value is -8.72. The number of aliphatic hydroxyl groups is 2. The second-order valence-corrected chi connectivity index (χ2v) is 40.7. The molecule has 16 heteroatoms. The van der Waals surface area contributed by atoms with Gasteiger partial charge in [0.2, 0.25) is 0 Å². The zero-order chi connectivity index (χ0) is 100. The van der Waals surface area contributed by atoms with Crippen molar-refractivity contribution in [1.82, 2.24) is 0 Å². The van der Waals surface area contributed by atoms with Gasteiger partial charge in [-0.2, -0.15) is 0 Å². The van der Waals surface area contributed by atoms with Crippen LogP contribution in [0.25, 0.3) is 0 Å². The Kier molecular flexibility index (Phi) is 53.2. The van der Waals surface area contributed by atoms with Gasteiger partial charge in [-0.05, 0) is 259 Å². The molecule has 0 amide bonds. The van der Waals surface area contributed by atoms with Crippen LogP contribution in [0.1, 0.15) is 346 Å². The first-order chi connectivity index (χ1) is 68.3. The number of rotatable bonds is 68. The van der Waals surface area contributed by atoms with Crippen LogP contribution in [-0.4, -0.2) is 76.8 Å². The summed E-state index contributed by atoms with van der Waals surface area (Å²) in [5, 5.41) is 25.3. The third-order valence-corrected chi connectivity index (χ3v) is 29.3. The van der Waals surface area contributed by atoms with Crippen molar-refractivity contribution in [2.45, 2.75) is 353 Å². The molecule has 0 bridgehead atoms. The summed E-state index contributed by atoms with van der Waals surface area (Å²) in [6, 6.07) is 69.2. The topological polar surface area (TPSA) is 84.8 Å². The first kappa shape index (κ1) is 115. The van der Waals surface area contributed by atoms with Crippen LogP contribution in [-0.2, 0) is 13.2 Å². The van der Waals surface area contributed by atoms with Gasteiger partial charge in [-0.3, -0.25) is 0 Å². The summed E-state index contributed by atoms with van der Waals surface area (Å²) >= 11 is 28.6. The fourth-order valence-corrected chi connectivity index (χ4v) is 20.3. The number of benzene rings is 10. The summed E-state index contributed by atoms with van der Waals surface area (Å²) < 4.78 is 11.6. The number of anilines is 16. The van der Waals surface area contributed by atoms with Crippen molar-refractivity contribution >= 4 is 137 Å². The van der Waals surface area contributed by atoms with Crippen LogP contribution in [0.3, 0.4) is 0 Å². The Morgan fingerprint density at radius 2 is 0.379 bits per heavy atom. The molecule has 0 spiro atoms. The van der Waals surface area contributed by atoms with E-state index in [1.54, 1.807) is 14.2 Å². The molecule has 0 aliphatic carbocycles. The molecule has 0 saturated carbocycles. The second-order valence-electron chi connectivity index (χ2n) is 39.0. The predicted molar refractivity (Wildman–Crippen MR) is 614 cm³/mol. The van der Waals surface area contributed by atoms with Crippen LogP contribution in [0, 0.1) is 27.7 Å². The normalized spacial score (nSPS) is 11.3. The summed E-state index contributed by atoms with van der Waals surface area (Å²) in [5.74, 6) is 1.64. The highest BCUT2D eigenvalue weighted by molar-refractivity contribution is 6.34. The van der Waals surface area contributed by atoms with Crippen LogP contribution < -0.4 is 48.7 Å². The van der Waals surface area contributed by atoms with Crippen molar-refractivity contribution in [3.05, 3.63) is 248 Å². The molecule has 0 saturated heterocycles. The van der Waals surface area contributed by atoms with E-state index in [-0.39, 0.29) is 13.2 Å². The van der Waals surface area contributed by atoms with Crippen LogP contribution in [0.5, 0.6) is 11.5 Å². The maximum atomic E-state index is 11.1. The zero-order valence-corrected chi connectivity index (χ0v) is 91.7. The number of unbranched alkanes of at least 4 members (excludes halogenated alkanes) is 32. The van der Waals surface area contributed by atoms with Gasteiger partial charge in [0.05, 0.1) is 48.9 Å². The molecule has 12 nitrogen and oxygen atoms in total. The van der Waals surface area contributed by atoms with Gasteiger partial charge >= 0.3 is 0 Å². The highest BCUT2D eigenvalue weighted by Crippen LogP contribution is 2.48. The minimum Gasteiger partial charge on any atom is -0.496 e. The Balaban J connectivity index is 0.000000313. The number of aliphatic hydroxyl groups excluding tert-OH is 2. The molecule has 0 atom stereocenters. The van der Waals surface area contributed by atoms with Crippen LogP contribution >= 0.6 is 46.4 Å². The average molecular weight is 1980 g/mol. The molecule has 0 aliphatic heterocycles. The summed E-state index contributed by atoms with van der Waals surface area (Å²) in [5.41, 5.74) is 22.2. The van der Waals surface area contributed by atoms with Gasteiger partial charge in [0.1, 0.15) is 11.5 Å². The largest absolute Gasteiger partial charge is 0.496 e. The minimum absolute atomic E-state index is 0.0583. The Bertz CT molecular complexity index is 4840. The molecule has 10 rings (SSSR count). The lowest BCUT2D eigenvalue weighted by Crippen LogP contribution is -2.27. The lowest BCUT2D eigenvalue weighted by atomic mass is 10.0. The van der Waals surface area contributed by atoms with Crippen molar-refractivity contribution in [2.24, 2.45) is 0 Å². The van der Waals surface area contributed by atoms with Crippen LogP contribution in [0.4, 0.5) is 91.0 Å². The van der Waals surface area contributed by atoms with Gasteiger partial charge in [0, 0.05) is 165 Å². The summed E-state index contributed by atoms with van der Waals surface area (Å²) in [6.07, 6.45) is 49.7. The molecule has 0 aliphatic rings. The Morgan fingerprint density at radius 1 is 0.200 bits per heavy atom. The fourth-order valence-electron chi connectivity index (χ4n) is 19.4. The summed E-state index contributed by atoms with van der Waals surface area (Å²) in [7, 11) is 3.44. The van der Waals surface area contributed by atoms with E-state index in [0.717, 1.165) is 224 Å². The Morgan fingerprint density at radius 3 is 0.600 bits per heavy atom. The molecular formula is C124H176Cl4N8O4. The molecule has 0 aromatic heterocycles. The van der Waals surface area contributed by atoms with Crippen molar-refractivity contribution in [2.75, 3.05) is 106 Å². The van der Waals surface area contributed by atoms with Crippen LogP contribution in [0.2, 0.25) is 20.1 Å². The number of hydrogen-bond acceptors (Lipinski definition) is 12. The lowest BCUT2D eigenvalue weighted by Gasteiger charge is -2.32. The minimum atomic E-state index is -0.0583. The molecular weight excluding hydrogens is 1810 g/mol. The summed E-state index contributed by atoms with van der Waals surface area (Å²) in [4.78, 5) is 19.2. The second kappa shape index (κ2) is 64.8. The molecule has 0 fully saturated rings. The highest BCUT2D eigenvalue weighted by Gasteiger charge is 2.27. The van der Waals surface area contributed by atoms with Gasteiger partial charge in [-0.1, -0.05) is 332 Å². The van der Waals surface area contributed by atoms with E-state index in [9.17, 15) is 10.2 Å². The maximum absolute atomic E-state index is 11.1. The van der Waals surface area contributed by atoms with Gasteiger partial charge in [-0.25, -0.2) is 0 Å². The molecule has 10 aromatic rings. The predicted octanol–water partition coefficient (Wildman–Crippen LogP) is 39.1. The number of halogens is 4. The lowest BCUT2D eigenvalue weighted by molar-refractivity contribution is 0.282. The first-order valence-electron chi connectivity index (χ1n) is 54.6. The summed E-state index contributed by atoms with van der Waals surface area (Å²) in [6.45, 7) is 34.3.